The molecule has 1 heterocycles. The van der Waals surface area contributed by atoms with Gasteiger partial charge in [-0.25, -0.2) is 0 Å². The second kappa shape index (κ2) is 3.41. The van der Waals surface area contributed by atoms with E-state index in [4.69, 9.17) is 6.50 Å². The molecule has 0 aromatic heterocycles. The van der Waals surface area contributed by atoms with Gasteiger partial charge in [0.15, 0.2) is 0 Å². The molecule has 0 aromatic rings. The summed E-state index contributed by atoms with van der Waals surface area (Å²) in [4.78, 5) is 0. The summed E-state index contributed by atoms with van der Waals surface area (Å²) in [6.45, 7) is 0.918. The van der Waals surface area contributed by atoms with Crippen molar-refractivity contribution in [3.8, 4) is 0 Å². The van der Waals surface area contributed by atoms with Crippen LogP contribution in [0, 0.1) is 0 Å². The predicted octanol–water partition coefficient (Wildman–Crippen LogP) is -2.26. The van der Waals surface area contributed by atoms with Gasteiger partial charge in [-0.05, 0) is 0 Å². The van der Waals surface area contributed by atoms with Gasteiger partial charge in [0.1, 0.15) is 0 Å². The summed E-state index contributed by atoms with van der Waals surface area (Å²) in [6.07, 6.45) is 1.11. The number of hydrogen-bond donors (Lipinski definition) is 1. The summed E-state index contributed by atoms with van der Waals surface area (Å²) in [5.41, 5.74) is 0. The fourth-order valence-corrected chi connectivity index (χ4v) is 8.17. The molecule has 0 bridgehead atoms. The fourth-order valence-electron chi connectivity index (χ4n) is 0.325. The monoisotopic (exact) mass is 329 g/mol. The summed E-state index contributed by atoms with van der Waals surface area (Å²) >= 11 is -1.49. The molecule has 1 saturated heterocycles. The van der Waals surface area contributed by atoms with E-state index in [1.54, 1.807) is 0 Å². The number of rotatable bonds is 0. The average molecular weight is 329 g/mol. The molecule has 46 valence electrons. The van der Waals surface area contributed by atoms with Crippen LogP contribution in [0.3, 0.4) is 0 Å². The van der Waals surface area contributed by atoms with E-state index in [0.717, 1.165) is 17.5 Å². The molecule has 0 atom stereocenters. The summed E-state index contributed by atoms with van der Waals surface area (Å²) in [6, 6.07) is 0. The quantitative estimate of drug-likeness (QED) is 0.402. The number of hydrogen-bond acceptors (Lipinski definition) is 2. The van der Waals surface area contributed by atoms with Crippen molar-refractivity contribution >= 4 is 16.3 Å². The minimum atomic E-state index is -1.35. The second-order valence-electron chi connectivity index (χ2n) is 1.20. The zero-order valence-electron chi connectivity index (χ0n) is 3.73. The molecule has 0 aliphatic carbocycles. The van der Waals surface area contributed by atoms with E-state index in [1.807, 2.05) is 0 Å². The van der Waals surface area contributed by atoms with Crippen molar-refractivity contribution in [1.29, 1.82) is 0 Å². The summed E-state index contributed by atoms with van der Waals surface area (Å²) in [5, 5.41) is 0. The van der Waals surface area contributed by atoms with Crippen molar-refractivity contribution < 1.29 is 24.1 Å². The first-order valence-electron chi connectivity index (χ1n) is 2.02. The van der Waals surface area contributed by atoms with Crippen LogP contribution in [0.15, 0.2) is 0 Å². The van der Waals surface area contributed by atoms with E-state index in [-0.39, 0.29) is 17.6 Å². The molecular formula is C3H7I2O2-. The molecule has 4 heteroatoms. The molecule has 1 fully saturated rings. The van der Waals surface area contributed by atoms with Gasteiger partial charge in [0.2, 0.25) is 0 Å². The average Bonchev–Trinajstić information content (AvgIpc) is 1.69. The number of alkyl halides is 1. The topological polar surface area (TPSA) is 29.5 Å². The third kappa shape index (κ3) is 2.43. The Hall–Kier alpha value is 1.38. The molecule has 0 aromatic carbocycles. The maximum atomic E-state index is 8.99. The second-order valence-corrected chi connectivity index (χ2v) is 13.4. The van der Waals surface area contributed by atoms with Gasteiger partial charge in [0, 0.05) is 0 Å². The van der Waals surface area contributed by atoms with Crippen molar-refractivity contribution in [1.82, 2.24) is 0 Å². The molecule has 1 rings (SSSR count). The summed E-state index contributed by atoms with van der Waals surface area (Å²) in [5.74, 6) is 0. The summed E-state index contributed by atoms with van der Waals surface area (Å²) in [7, 11) is 0. The van der Waals surface area contributed by atoms with Crippen LogP contribution in [0.25, 0.3) is 0 Å². The van der Waals surface area contributed by atoms with Crippen LogP contribution in [0.2, 0.25) is 0 Å². The van der Waals surface area contributed by atoms with E-state index in [2.05, 4.69) is 0 Å². The molecule has 2 nitrogen and oxygen atoms in total. The maximum absolute atomic E-state index is 8.99. The van der Waals surface area contributed by atoms with Crippen LogP contribution >= 0.6 is 16.3 Å². The Morgan fingerprint density at radius 2 is 2.57 bits per heavy atom. The SMILES string of the molecule is OI1CCCO[I-]1. The van der Waals surface area contributed by atoms with Crippen molar-refractivity contribution in [3.63, 3.8) is 0 Å². The van der Waals surface area contributed by atoms with Gasteiger partial charge in [0.25, 0.3) is 0 Å². The molecule has 0 amide bonds. The zero-order valence-corrected chi connectivity index (χ0v) is 8.05. The van der Waals surface area contributed by atoms with Crippen LogP contribution in [0.1, 0.15) is 6.42 Å². The standard InChI is InChI=1S/C3H7I2O2/c6-5-2-1-3-7-4-5/h6H,1-3H2/q-1. The molecule has 0 saturated carbocycles. The van der Waals surface area contributed by atoms with E-state index < -0.39 is 16.3 Å². The Balaban J connectivity index is 2.12. The van der Waals surface area contributed by atoms with Crippen LogP contribution in [-0.4, -0.2) is 14.5 Å². The molecule has 7 heavy (non-hydrogen) atoms. The van der Waals surface area contributed by atoms with Gasteiger partial charge >= 0.3 is 57.9 Å². The normalized spacial score (nSPS) is 29.0. The van der Waals surface area contributed by atoms with Crippen LogP contribution < -0.4 is 17.6 Å². The molecule has 0 spiro atoms. The van der Waals surface area contributed by atoms with Gasteiger partial charge < -0.3 is 0 Å². The minimum absolute atomic E-state index is 0.136. The van der Waals surface area contributed by atoms with Gasteiger partial charge in [-0.3, -0.25) is 0 Å². The third-order valence-corrected chi connectivity index (χ3v) is 10.2. The van der Waals surface area contributed by atoms with Crippen molar-refractivity contribution in [2.24, 2.45) is 0 Å². The zero-order chi connectivity index (χ0) is 5.11. The Kier molecular flexibility index (Phi) is 3.17. The molecule has 1 N–H and O–H groups in total. The van der Waals surface area contributed by atoms with Crippen LogP contribution in [0.4, 0.5) is 0 Å². The van der Waals surface area contributed by atoms with Crippen molar-refractivity contribution in [2.45, 2.75) is 6.42 Å². The van der Waals surface area contributed by atoms with E-state index in [9.17, 15) is 0 Å². The van der Waals surface area contributed by atoms with Gasteiger partial charge in [-0.1, -0.05) is 0 Å². The summed E-state index contributed by atoms with van der Waals surface area (Å²) < 4.78 is 15.2. The predicted molar refractivity (Wildman–Crippen MR) is 31.7 cm³/mol. The Bertz CT molecular complexity index is 52.9. The molecule has 1 aliphatic rings. The van der Waals surface area contributed by atoms with Gasteiger partial charge in [-0.15, -0.1) is 0 Å². The van der Waals surface area contributed by atoms with Crippen molar-refractivity contribution in [2.75, 3.05) is 11.0 Å². The molecule has 1 aliphatic heterocycles. The molecule has 0 unspecified atom stereocenters. The number of halogens is 2. The first-order valence-corrected chi connectivity index (χ1v) is 11.7. The van der Waals surface area contributed by atoms with E-state index in [0.29, 0.717) is 0 Å². The Morgan fingerprint density at radius 1 is 1.71 bits per heavy atom. The van der Waals surface area contributed by atoms with Gasteiger partial charge in [0.05, 0.1) is 0 Å². The van der Waals surface area contributed by atoms with Crippen molar-refractivity contribution in [3.05, 3.63) is 0 Å². The molecular weight excluding hydrogens is 322 g/mol. The Morgan fingerprint density at radius 3 is 2.86 bits per heavy atom. The third-order valence-electron chi connectivity index (χ3n) is 0.620. The van der Waals surface area contributed by atoms with Crippen LogP contribution in [0.5, 0.6) is 0 Å². The van der Waals surface area contributed by atoms with Crippen LogP contribution in [-0.2, 0) is 3.07 Å². The van der Waals surface area contributed by atoms with E-state index in [1.165, 1.54) is 0 Å². The first-order chi connectivity index (χ1) is 3.39. The first kappa shape index (κ1) is 6.50. The fraction of sp³-hybridized carbons (Fsp3) is 1.00. The van der Waals surface area contributed by atoms with E-state index >= 15 is 0 Å². The van der Waals surface area contributed by atoms with Gasteiger partial charge in [-0.2, -0.15) is 0 Å². The Labute approximate surface area is 57.4 Å². The molecule has 0 radical (unpaired) electrons.